The number of benzene rings is 2. The first kappa shape index (κ1) is 20.4. The average Bonchev–Trinajstić information content (AvgIpc) is 3.39. The van der Waals surface area contributed by atoms with Crippen molar-refractivity contribution in [2.75, 3.05) is 14.2 Å². The monoisotopic (exact) mass is 439 g/mol. The number of halogens is 1. The second-order valence-corrected chi connectivity index (χ2v) is 6.98. The van der Waals surface area contributed by atoms with Crippen LogP contribution in [0.15, 0.2) is 60.9 Å². The molecule has 0 amide bonds. The standard InChI is InChI=1S/C21H18ClN5O4/c1-30-17-7-3-14(4-8-17)20-19(22)21(15-5-9-18(31-2)10-6-15)26(24-20)13-25-12-16(11-23-25)27(28)29/h3-12H,13H2,1-2H3. The Morgan fingerprint density at radius 3 is 2.10 bits per heavy atom. The van der Waals surface area contributed by atoms with E-state index in [4.69, 9.17) is 21.1 Å². The van der Waals surface area contributed by atoms with Crippen LogP contribution in [0.4, 0.5) is 5.69 Å². The van der Waals surface area contributed by atoms with Crippen molar-refractivity contribution in [1.82, 2.24) is 19.6 Å². The van der Waals surface area contributed by atoms with Gasteiger partial charge in [0, 0.05) is 11.1 Å². The van der Waals surface area contributed by atoms with Crippen molar-refractivity contribution in [3.05, 3.63) is 76.1 Å². The molecule has 9 nitrogen and oxygen atoms in total. The predicted octanol–water partition coefficient (Wildman–Crippen LogP) is 4.50. The highest BCUT2D eigenvalue weighted by Gasteiger charge is 2.20. The zero-order valence-electron chi connectivity index (χ0n) is 16.7. The van der Waals surface area contributed by atoms with E-state index in [0.29, 0.717) is 22.2 Å². The molecule has 0 atom stereocenters. The van der Waals surface area contributed by atoms with Crippen LogP contribution >= 0.6 is 11.6 Å². The summed E-state index contributed by atoms with van der Waals surface area (Å²) in [6.07, 6.45) is 2.54. The first-order valence-electron chi connectivity index (χ1n) is 9.22. The van der Waals surface area contributed by atoms with Gasteiger partial charge in [0.05, 0.1) is 29.9 Å². The normalized spacial score (nSPS) is 10.8. The highest BCUT2D eigenvalue weighted by atomic mass is 35.5. The molecule has 0 aliphatic rings. The van der Waals surface area contributed by atoms with Gasteiger partial charge in [-0.1, -0.05) is 11.6 Å². The largest absolute Gasteiger partial charge is 0.497 e. The highest BCUT2D eigenvalue weighted by Crippen LogP contribution is 2.37. The number of methoxy groups -OCH3 is 2. The van der Waals surface area contributed by atoms with Crippen LogP contribution in [-0.2, 0) is 6.67 Å². The molecule has 158 valence electrons. The maximum atomic E-state index is 11.0. The molecule has 0 unspecified atom stereocenters. The summed E-state index contributed by atoms with van der Waals surface area (Å²) in [5, 5.41) is 20.2. The topological polar surface area (TPSA) is 97.2 Å². The van der Waals surface area contributed by atoms with Crippen molar-refractivity contribution in [2.24, 2.45) is 0 Å². The minimum atomic E-state index is -0.493. The third-order valence-corrected chi connectivity index (χ3v) is 5.09. The first-order valence-corrected chi connectivity index (χ1v) is 9.60. The maximum absolute atomic E-state index is 11.0. The van der Waals surface area contributed by atoms with Crippen molar-refractivity contribution < 1.29 is 14.4 Å². The zero-order valence-corrected chi connectivity index (χ0v) is 17.5. The molecule has 0 bridgehead atoms. The molecule has 0 saturated heterocycles. The number of aromatic nitrogens is 4. The fraction of sp³-hybridized carbons (Fsp3) is 0.143. The minimum absolute atomic E-state index is 0.0976. The summed E-state index contributed by atoms with van der Waals surface area (Å²) in [6.45, 7) is 0.144. The number of ether oxygens (including phenoxy) is 2. The van der Waals surface area contributed by atoms with Crippen LogP contribution < -0.4 is 9.47 Å². The third kappa shape index (κ3) is 4.08. The quantitative estimate of drug-likeness (QED) is 0.310. The summed E-state index contributed by atoms with van der Waals surface area (Å²) < 4.78 is 13.6. The number of hydrogen-bond acceptors (Lipinski definition) is 6. The maximum Gasteiger partial charge on any atom is 0.307 e. The molecule has 0 radical (unpaired) electrons. The summed E-state index contributed by atoms with van der Waals surface area (Å²) in [7, 11) is 3.19. The molecule has 0 saturated carbocycles. The lowest BCUT2D eigenvalue weighted by atomic mass is 10.1. The van der Waals surface area contributed by atoms with Crippen LogP contribution in [0.25, 0.3) is 22.5 Å². The molecule has 0 aliphatic heterocycles. The lowest BCUT2D eigenvalue weighted by Gasteiger charge is -2.09. The highest BCUT2D eigenvalue weighted by molar-refractivity contribution is 6.35. The minimum Gasteiger partial charge on any atom is -0.497 e. The molecule has 10 heteroatoms. The summed E-state index contributed by atoms with van der Waals surface area (Å²) >= 11 is 6.78. The van der Waals surface area contributed by atoms with E-state index in [1.807, 2.05) is 48.5 Å². The summed E-state index contributed by atoms with van der Waals surface area (Å²) in [6, 6.07) is 14.8. The predicted molar refractivity (Wildman–Crippen MR) is 115 cm³/mol. The Balaban J connectivity index is 1.80. The lowest BCUT2D eigenvalue weighted by molar-refractivity contribution is -0.385. The Kier molecular flexibility index (Phi) is 5.59. The Hall–Kier alpha value is -3.85. The van der Waals surface area contributed by atoms with Crippen LogP contribution in [0.1, 0.15) is 0 Å². The molecule has 4 rings (SSSR count). The molecule has 0 aliphatic carbocycles. The van der Waals surface area contributed by atoms with E-state index in [1.165, 1.54) is 17.1 Å². The summed E-state index contributed by atoms with van der Waals surface area (Å²) in [4.78, 5) is 10.5. The van der Waals surface area contributed by atoms with Gasteiger partial charge in [-0.2, -0.15) is 10.2 Å². The lowest BCUT2D eigenvalue weighted by Crippen LogP contribution is -2.11. The molecule has 0 fully saturated rings. The number of nitrogens with zero attached hydrogens (tertiary/aromatic N) is 5. The number of rotatable bonds is 7. The average molecular weight is 440 g/mol. The van der Waals surface area contributed by atoms with Gasteiger partial charge in [-0.15, -0.1) is 0 Å². The summed E-state index contributed by atoms with van der Waals surface area (Å²) in [5.41, 5.74) is 2.77. The van der Waals surface area contributed by atoms with Gasteiger partial charge in [-0.25, -0.2) is 9.36 Å². The Labute approximate surface area is 182 Å². The van der Waals surface area contributed by atoms with E-state index >= 15 is 0 Å². The molecule has 31 heavy (non-hydrogen) atoms. The van der Waals surface area contributed by atoms with Crippen LogP contribution in [0, 0.1) is 10.1 Å². The van der Waals surface area contributed by atoms with Gasteiger partial charge in [-0.3, -0.25) is 10.1 Å². The smallest absolute Gasteiger partial charge is 0.307 e. The molecule has 0 N–H and O–H groups in total. The van der Waals surface area contributed by atoms with Gasteiger partial charge >= 0.3 is 5.69 Å². The molecule has 2 aromatic carbocycles. The molecule has 0 spiro atoms. The molecule has 2 heterocycles. The number of nitro groups is 1. The van der Waals surface area contributed by atoms with Crippen LogP contribution in [0.2, 0.25) is 5.02 Å². The molecular weight excluding hydrogens is 422 g/mol. The van der Waals surface area contributed by atoms with E-state index in [2.05, 4.69) is 10.2 Å². The van der Waals surface area contributed by atoms with Crippen LogP contribution in [0.3, 0.4) is 0 Å². The van der Waals surface area contributed by atoms with Crippen LogP contribution in [-0.4, -0.2) is 38.7 Å². The van der Waals surface area contributed by atoms with E-state index in [1.54, 1.807) is 18.9 Å². The second kappa shape index (κ2) is 8.49. The molecule has 2 aromatic heterocycles. The second-order valence-electron chi connectivity index (χ2n) is 6.60. The van der Waals surface area contributed by atoms with Gasteiger partial charge in [0.1, 0.15) is 36.3 Å². The van der Waals surface area contributed by atoms with Crippen LogP contribution in [0.5, 0.6) is 11.5 Å². The molecule has 4 aromatic rings. The van der Waals surface area contributed by atoms with Crippen molar-refractivity contribution in [1.29, 1.82) is 0 Å². The fourth-order valence-electron chi connectivity index (χ4n) is 3.16. The van der Waals surface area contributed by atoms with Gasteiger partial charge < -0.3 is 9.47 Å². The van der Waals surface area contributed by atoms with Crippen molar-refractivity contribution in [2.45, 2.75) is 6.67 Å². The third-order valence-electron chi connectivity index (χ3n) is 4.73. The molecular formula is C21H18ClN5O4. The van der Waals surface area contributed by atoms with Crippen molar-refractivity contribution in [3.63, 3.8) is 0 Å². The SMILES string of the molecule is COc1ccc(-c2nn(Cn3cc([N+](=O)[O-])cn3)c(-c3ccc(OC)cc3)c2Cl)cc1. The van der Waals surface area contributed by atoms with Crippen molar-refractivity contribution >= 4 is 17.3 Å². The van der Waals surface area contributed by atoms with E-state index in [0.717, 1.165) is 16.9 Å². The number of hydrogen-bond donors (Lipinski definition) is 0. The van der Waals surface area contributed by atoms with Gasteiger partial charge in [0.15, 0.2) is 0 Å². The first-order chi connectivity index (χ1) is 15.0. The van der Waals surface area contributed by atoms with Crippen molar-refractivity contribution in [3.8, 4) is 34.0 Å². The van der Waals surface area contributed by atoms with Gasteiger partial charge in [-0.05, 0) is 48.5 Å². The Bertz CT molecular complexity index is 1220. The fourth-order valence-corrected chi connectivity index (χ4v) is 3.52. The van der Waals surface area contributed by atoms with Gasteiger partial charge in [0.25, 0.3) is 0 Å². The Morgan fingerprint density at radius 1 is 1.00 bits per heavy atom. The van der Waals surface area contributed by atoms with E-state index < -0.39 is 4.92 Å². The summed E-state index contributed by atoms with van der Waals surface area (Å²) in [5.74, 6) is 1.43. The van der Waals surface area contributed by atoms with E-state index in [-0.39, 0.29) is 12.4 Å². The Morgan fingerprint density at radius 2 is 1.58 bits per heavy atom. The van der Waals surface area contributed by atoms with Gasteiger partial charge in [0.2, 0.25) is 0 Å². The zero-order chi connectivity index (χ0) is 22.0. The van der Waals surface area contributed by atoms with E-state index in [9.17, 15) is 10.1 Å².